The van der Waals surface area contributed by atoms with Crippen LogP contribution in [0.4, 0.5) is 0 Å². The number of nitrogens with zero attached hydrogens (tertiary/aromatic N) is 1. The van der Waals surface area contributed by atoms with Crippen molar-refractivity contribution < 1.29 is 166 Å². The first-order valence-electron chi connectivity index (χ1n) is 13.5. The van der Waals surface area contributed by atoms with Gasteiger partial charge in [0.05, 0.1) is 23.2 Å². The van der Waals surface area contributed by atoms with E-state index < -0.39 is 58.1 Å². The Morgan fingerprint density at radius 1 is 0.667 bits per heavy atom. The predicted octanol–water partition coefficient (Wildman–Crippen LogP) is -11.5. The van der Waals surface area contributed by atoms with E-state index in [1.165, 1.54) is 63.9 Å². The van der Waals surface area contributed by atoms with Crippen LogP contribution in [-0.4, -0.2) is 53.0 Å². The van der Waals surface area contributed by atoms with Crippen molar-refractivity contribution >= 4 is 33.9 Å². The molecule has 0 aromatic carbocycles. The van der Waals surface area contributed by atoms with Gasteiger partial charge in [-0.2, -0.15) is 0 Å². The number of allylic oxidation sites excluding steroid dienone is 1. The Morgan fingerprint density at radius 3 is 1.40 bits per heavy atom. The molecule has 11 nitrogen and oxygen atoms in total. The topological polar surface area (TPSA) is 198 Å². The number of hydrogen-bond donors (Lipinski definition) is 0. The molecule has 0 aromatic heterocycles. The van der Waals surface area contributed by atoms with Crippen LogP contribution in [0.25, 0.3) is 0 Å². The number of carboxylic acids is 3. The standard InChI is InChI=1S/C26H45NO10S.4Na/c1-2-3-4-5-6-7-8-9-10-11-12-13-14-15-16-17-18-27(21(25(31)32)19-24(29)30)23(28)20-22(26(33)34)38(35,36)37;;;;/h17-18,21-22H,2-16,19-20H2,1H3,(H,29,30)(H,31,32)(H,33,34)(H,35,36,37);;;;/q;4*+1/p-4/t21-,22?;;;;/m0..../s1. The summed E-state index contributed by atoms with van der Waals surface area (Å²) < 4.78 is 33.4. The minimum absolute atomic E-state index is 0. The number of carbonyl (C=O) groups excluding carboxylic acids is 4. The van der Waals surface area contributed by atoms with E-state index in [-0.39, 0.29) is 118 Å². The minimum Gasteiger partial charge on any atom is -0.747 e. The Balaban J connectivity index is -0.00000114. The summed E-state index contributed by atoms with van der Waals surface area (Å²) in [7, 11) is -5.49. The SMILES string of the molecule is CCCCCCCCCCCCCCCCC=CN(C(=O)CC(C(=O)[O-])S(=O)(=O)[O-])[C@@H](CC(=O)[O-])C(=O)[O-].[Na+].[Na+].[Na+].[Na+]. The number of carboxylic acid groups (broad SMARTS) is 3. The maximum atomic E-state index is 12.5. The fourth-order valence-electron chi connectivity index (χ4n) is 4.03. The molecular formula is C26H41NNa4O10S. The van der Waals surface area contributed by atoms with Crippen molar-refractivity contribution in [3.05, 3.63) is 12.3 Å². The van der Waals surface area contributed by atoms with Gasteiger partial charge in [-0.25, -0.2) is 8.42 Å². The summed E-state index contributed by atoms with van der Waals surface area (Å²) >= 11 is 0. The van der Waals surface area contributed by atoms with Crippen LogP contribution >= 0.6 is 0 Å². The van der Waals surface area contributed by atoms with E-state index >= 15 is 0 Å². The number of amides is 1. The Kier molecular flexibility index (Phi) is 41.0. The molecule has 0 bridgehead atoms. The molecule has 0 aliphatic carbocycles. The Hall–Kier alpha value is 1.53. The van der Waals surface area contributed by atoms with Gasteiger partial charge in [0.25, 0.3) is 0 Å². The van der Waals surface area contributed by atoms with Crippen LogP contribution in [0.1, 0.15) is 116 Å². The molecule has 0 rings (SSSR count). The third kappa shape index (κ3) is 27.8. The second-order valence-corrected chi connectivity index (χ2v) is 11.0. The first kappa shape index (κ1) is 53.0. The average molecular weight is 652 g/mol. The maximum Gasteiger partial charge on any atom is 1.00 e. The fourth-order valence-corrected chi connectivity index (χ4v) is 4.61. The molecule has 1 amide bonds. The van der Waals surface area contributed by atoms with Gasteiger partial charge >= 0.3 is 118 Å². The van der Waals surface area contributed by atoms with E-state index in [0.29, 0.717) is 17.7 Å². The molecule has 0 aliphatic heterocycles. The molecule has 0 saturated heterocycles. The molecule has 0 N–H and O–H groups in total. The van der Waals surface area contributed by atoms with Gasteiger partial charge in [-0.05, 0) is 12.8 Å². The Labute approximate surface area is 339 Å². The minimum atomic E-state index is -5.49. The fraction of sp³-hybridized carbons (Fsp3) is 0.769. The summed E-state index contributed by atoms with van der Waals surface area (Å²) in [4.78, 5) is 46.2. The van der Waals surface area contributed by atoms with Gasteiger partial charge in [0.2, 0.25) is 5.91 Å². The van der Waals surface area contributed by atoms with Crippen LogP contribution in [0.3, 0.4) is 0 Å². The molecule has 0 heterocycles. The van der Waals surface area contributed by atoms with Crippen molar-refractivity contribution in [3.8, 4) is 0 Å². The number of carbonyl (C=O) groups is 4. The van der Waals surface area contributed by atoms with Crippen LogP contribution in [0, 0.1) is 0 Å². The van der Waals surface area contributed by atoms with E-state index in [1.807, 2.05) is 0 Å². The molecule has 0 radical (unpaired) electrons. The summed E-state index contributed by atoms with van der Waals surface area (Å²) in [6.07, 6.45) is 16.4. The van der Waals surface area contributed by atoms with Gasteiger partial charge < -0.3 is 39.2 Å². The van der Waals surface area contributed by atoms with Gasteiger partial charge in [0.15, 0.2) is 0 Å². The molecule has 0 saturated carbocycles. The number of aliphatic carboxylic acids is 3. The van der Waals surface area contributed by atoms with Crippen molar-refractivity contribution in [2.45, 2.75) is 127 Å². The van der Waals surface area contributed by atoms with Gasteiger partial charge in [0, 0.05) is 25.0 Å². The summed E-state index contributed by atoms with van der Waals surface area (Å²) in [6.45, 7) is 2.21. The number of unbranched alkanes of at least 4 members (excludes halogenated alkanes) is 14. The third-order valence-corrected chi connectivity index (χ3v) is 7.27. The monoisotopic (exact) mass is 651 g/mol. The van der Waals surface area contributed by atoms with Crippen molar-refractivity contribution in [2.75, 3.05) is 0 Å². The first-order valence-corrected chi connectivity index (χ1v) is 14.9. The zero-order valence-electron chi connectivity index (χ0n) is 26.3. The maximum absolute atomic E-state index is 12.5. The first-order chi connectivity index (χ1) is 17.9. The van der Waals surface area contributed by atoms with E-state index in [4.69, 9.17) is 0 Å². The van der Waals surface area contributed by atoms with Crippen molar-refractivity contribution in [3.63, 3.8) is 0 Å². The smallest absolute Gasteiger partial charge is 0.747 e. The van der Waals surface area contributed by atoms with Crippen LogP contribution in [0.5, 0.6) is 0 Å². The predicted molar refractivity (Wildman–Crippen MR) is 132 cm³/mol. The molecule has 0 fully saturated rings. The van der Waals surface area contributed by atoms with Crippen molar-refractivity contribution in [1.82, 2.24) is 4.90 Å². The van der Waals surface area contributed by atoms with Crippen molar-refractivity contribution in [2.24, 2.45) is 0 Å². The van der Waals surface area contributed by atoms with E-state index in [1.54, 1.807) is 0 Å². The zero-order chi connectivity index (χ0) is 29.0. The molecule has 2 atom stereocenters. The van der Waals surface area contributed by atoms with E-state index in [9.17, 15) is 47.5 Å². The average Bonchev–Trinajstić information content (AvgIpc) is 2.82. The molecule has 1 unspecified atom stereocenters. The number of rotatable bonds is 24. The summed E-state index contributed by atoms with van der Waals surface area (Å²) in [6, 6.07) is -2.09. The van der Waals surface area contributed by atoms with Crippen molar-refractivity contribution in [1.29, 1.82) is 0 Å². The van der Waals surface area contributed by atoms with Crippen LogP contribution in [0.15, 0.2) is 12.3 Å². The van der Waals surface area contributed by atoms with Gasteiger partial charge in [0.1, 0.15) is 10.1 Å². The quantitative estimate of drug-likeness (QED) is 0.0549. The second kappa shape index (κ2) is 32.5. The molecule has 16 heteroatoms. The number of hydrogen-bond acceptors (Lipinski definition) is 10. The van der Waals surface area contributed by atoms with Crippen LogP contribution in [-0.2, 0) is 29.3 Å². The van der Waals surface area contributed by atoms with Gasteiger partial charge in [-0.3, -0.25) is 4.79 Å². The molecule has 0 aromatic rings. The summed E-state index contributed by atoms with van der Waals surface area (Å²) in [5.41, 5.74) is 0. The van der Waals surface area contributed by atoms with E-state index in [2.05, 4.69) is 6.92 Å². The largest absolute Gasteiger partial charge is 1.00 e. The van der Waals surface area contributed by atoms with E-state index in [0.717, 1.165) is 31.9 Å². The molecule has 42 heavy (non-hydrogen) atoms. The summed E-state index contributed by atoms with van der Waals surface area (Å²) in [5.74, 6) is -7.53. The Morgan fingerprint density at radius 2 is 1.07 bits per heavy atom. The van der Waals surface area contributed by atoms with Crippen LogP contribution < -0.4 is 134 Å². The molecule has 220 valence electrons. The molecular weight excluding hydrogens is 610 g/mol. The van der Waals surface area contributed by atoms with Crippen LogP contribution in [0.2, 0.25) is 0 Å². The zero-order valence-corrected chi connectivity index (χ0v) is 35.1. The molecule has 0 spiro atoms. The normalized spacial score (nSPS) is 12.0. The molecule has 0 aliphatic rings. The third-order valence-electron chi connectivity index (χ3n) is 6.22. The van der Waals surface area contributed by atoms with Gasteiger partial charge in [-0.1, -0.05) is 96.5 Å². The summed E-state index contributed by atoms with van der Waals surface area (Å²) in [5, 5.41) is 30.6. The Bertz CT molecular complexity index is 875. The van der Waals surface area contributed by atoms with Gasteiger partial charge in [-0.15, -0.1) is 0 Å². The second-order valence-electron chi connectivity index (χ2n) is 9.49.